The van der Waals surface area contributed by atoms with E-state index in [1.165, 1.54) is 26.2 Å². The van der Waals surface area contributed by atoms with Crippen molar-refractivity contribution in [2.75, 3.05) is 47.4 Å². The molecule has 3 rings (SSSR count). The molecule has 1 amide bonds. The van der Waals surface area contributed by atoms with Gasteiger partial charge in [-0.2, -0.15) is 0 Å². The molecule has 1 fully saturated rings. The van der Waals surface area contributed by atoms with E-state index < -0.39 is 10.0 Å². The van der Waals surface area contributed by atoms with Crippen LogP contribution in [-0.2, 0) is 10.0 Å². The summed E-state index contributed by atoms with van der Waals surface area (Å²) < 4.78 is 37.3. The van der Waals surface area contributed by atoms with E-state index in [0.29, 0.717) is 12.6 Å². The lowest BCUT2D eigenvalue weighted by molar-refractivity contribution is 0.0931. The van der Waals surface area contributed by atoms with E-state index in [9.17, 15) is 13.2 Å². The Bertz CT molecular complexity index is 794. The second kappa shape index (κ2) is 7.42. The van der Waals surface area contributed by atoms with E-state index in [4.69, 9.17) is 9.47 Å². The van der Waals surface area contributed by atoms with Crippen LogP contribution in [0.15, 0.2) is 17.0 Å². The summed E-state index contributed by atoms with van der Waals surface area (Å²) in [6, 6.07) is 3.21. The van der Waals surface area contributed by atoms with Crippen LogP contribution < -0.4 is 14.8 Å². The third-order valence-corrected chi connectivity index (χ3v) is 6.66. The number of hydrogen-bond acceptors (Lipinski definition) is 6. The smallest absolute Gasteiger partial charge is 0.255 e. The minimum atomic E-state index is -3.70. The van der Waals surface area contributed by atoms with Crippen molar-refractivity contribution >= 4 is 15.9 Å². The number of nitrogens with zero attached hydrogens (tertiary/aromatic N) is 2. The number of benzene rings is 1. The molecule has 1 unspecified atom stereocenters. The number of amides is 1. The summed E-state index contributed by atoms with van der Waals surface area (Å²) in [5.74, 6) is 0.00730. The van der Waals surface area contributed by atoms with E-state index in [1.54, 1.807) is 0 Å². The van der Waals surface area contributed by atoms with Gasteiger partial charge in [0.25, 0.3) is 5.91 Å². The summed E-state index contributed by atoms with van der Waals surface area (Å²) >= 11 is 0. The number of fused-ring (bicyclic) bond motifs is 1. The molecular weight excluding hydrogens is 358 g/mol. The molecule has 8 nitrogen and oxygen atoms in total. The van der Waals surface area contributed by atoms with Gasteiger partial charge in [0.05, 0.1) is 5.56 Å². The highest BCUT2D eigenvalue weighted by Crippen LogP contribution is 2.40. The number of carbonyl (C=O) groups excluding carboxylic acids is 1. The average Bonchev–Trinajstić information content (AvgIpc) is 3.03. The zero-order valence-corrected chi connectivity index (χ0v) is 16.1. The SMILES string of the molecule is CN1CCCC1CNC(=O)c1ccc(S(=O)(=O)N(C)C)c2c1OCCO2. The van der Waals surface area contributed by atoms with Gasteiger partial charge < -0.3 is 19.7 Å². The number of hydrogen-bond donors (Lipinski definition) is 1. The molecule has 0 aliphatic carbocycles. The maximum absolute atomic E-state index is 12.6. The van der Waals surface area contributed by atoms with Crippen LogP contribution in [0.3, 0.4) is 0 Å². The Balaban J connectivity index is 1.87. The van der Waals surface area contributed by atoms with Gasteiger partial charge in [0.15, 0.2) is 11.5 Å². The van der Waals surface area contributed by atoms with Crippen molar-refractivity contribution in [3.63, 3.8) is 0 Å². The summed E-state index contributed by atoms with van der Waals surface area (Å²) in [5.41, 5.74) is 0.290. The zero-order valence-electron chi connectivity index (χ0n) is 15.3. The molecular formula is C17H25N3O5S. The molecule has 26 heavy (non-hydrogen) atoms. The fourth-order valence-electron chi connectivity index (χ4n) is 3.23. The average molecular weight is 383 g/mol. The molecule has 0 bridgehead atoms. The summed E-state index contributed by atoms with van der Waals surface area (Å²) in [4.78, 5) is 14.9. The van der Waals surface area contributed by atoms with Crippen LogP contribution in [0.5, 0.6) is 11.5 Å². The Morgan fingerprint density at radius 2 is 1.96 bits per heavy atom. The first-order valence-corrected chi connectivity index (χ1v) is 10.1. The number of likely N-dealkylation sites (tertiary alicyclic amines) is 1. The monoisotopic (exact) mass is 383 g/mol. The number of carbonyl (C=O) groups is 1. The van der Waals surface area contributed by atoms with Crippen LogP contribution >= 0.6 is 0 Å². The van der Waals surface area contributed by atoms with Gasteiger partial charge in [0.1, 0.15) is 18.1 Å². The lowest BCUT2D eigenvalue weighted by atomic mass is 10.1. The Hall–Kier alpha value is -1.84. The second-order valence-electron chi connectivity index (χ2n) is 6.74. The predicted octanol–water partition coefficient (Wildman–Crippen LogP) is 0.532. The third-order valence-electron chi connectivity index (χ3n) is 4.83. The molecule has 0 radical (unpaired) electrons. The summed E-state index contributed by atoms with van der Waals surface area (Å²) in [6.07, 6.45) is 2.18. The fraction of sp³-hybridized carbons (Fsp3) is 0.588. The van der Waals surface area contributed by atoms with Crippen LogP contribution in [0, 0.1) is 0 Å². The molecule has 144 valence electrons. The molecule has 1 aromatic rings. The van der Waals surface area contributed by atoms with Gasteiger partial charge >= 0.3 is 0 Å². The van der Waals surface area contributed by atoms with Crippen molar-refractivity contribution in [2.24, 2.45) is 0 Å². The number of sulfonamides is 1. The first-order chi connectivity index (χ1) is 12.3. The van der Waals surface area contributed by atoms with Crippen LogP contribution in [-0.4, -0.2) is 77.0 Å². The Kier molecular flexibility index (Phi) is 5.40. The van der Waals surface area contributed by atoms with E-state index in [0.717, 1.165) is 23.7 Å². The molecule has 0 aromatic heterocycles. The minimum Gasteiger partial charge on any atom is -0.485 e. The van der Waals surface area contributed by atoms with Crippen molar-refractivity contribution in [1.29, 1.82) is 0 Å². The molecule has 1 N–H and O–H groups in total. The largest absolute Gasteiger partial charge is 0.485 e. The van der Waals surface area contributed by atoms with Crippen LogP contribution in [0.4, 0.5) is 0 Å². The first-order valence-electron chi connectivity index (χ1n) is 8.66. The van der Waals surface area contributed by atoms with Crippen molar-refractivity contribution in [2.45, 2.75) is 23.8 Å². The lowest BCUT2D eigenvalue weighted by Crippen LogP contribution is -2.38. The molecule has 2 aliphatic rings. The van der Waals surface area contributed by atoms with Crippen molar-refractivity contribution in [3.8, 4) is 11.5 Å². The van der Waals surface area contributed by atoms with Gasteiger partial charge in [-0.15, -0.1) is 0 Å². The number of likely N-dealkylation sites (N-methyl/N-ethyl adjacent to an activating group) is 1. The minimum absolute atomic E-state index is 0.00396. The number of nitrogens with one attached hydrogen (secondary N) is 1. The quantitative estimate of drug-likeness (QED) is 0.798. The van der Waals surface area contributed by atoms with Gasteiger partial charge in [-0.3, -0.25) is 4.79 Å². The topological polar surface area (TPSA) is 88.2 Å². The highest BCUT2D eigenvalue weighted by atomic mass is 32.2. The Morgan fingerprint density at radius 1 is 1.27 bits per heavy atom. The van der Waals surface area contributed by atoms with Crippen LogP contribution in [0.2, 0.25) is 0 Å². The summed E-state index contributed by atoms with van der Waals surface area (Å²) in [6.45, 7) is 2.08. The normalized spacial score (nSPS) is 20.4. The van der Waals surface area contributed by atoms with Crippen molar-refractivity contribution < 1.29 is 22.7 Å². The standard InChI is InChI=1S/C17H25N3O5S/c1-19(2)26(22,23)14-7-6-13(15-16(14)25-10-9-24-15)17(21)18-11-12-5-4-8-20(12)3/h6-7,12H,4-5,8-11H2,1-3H3,(H,18,21). The predicted molar refractivity (Wildman–Crippen MR) is 96.3 cm³/mol. The maximum Gasteiger partial charge on any atom is 0.255 e. The Labute approximate surface area is 154 Å². The van der Waals surface area contributed by atoms with Crippen molar-refractivity contribution in [1.82, 2.24) is 14.5 Å². The van der Waals surface area contributed by atoms with E-state index in [-0.39, 0.29) is 41.1 Å². The summed E-state index contributed by atoms with van der Waals surface area (Å²) in [7, 11) is 1.24. The third kappa shape index (κ3) is 3.51. The molecule has 0 saturated carbocycles. The van der Waals surface area contributed by atoms with Gasteiger partial charge in [-0.1, -0.05) is 0 Å². The molecule has 1 atom stereocenters. The molecule has 2 heterocycles. The van der Waals surface area contributed by atoms with E-state index >= 15 is 0 Å². The van der Waals surface area contributed by atoms with Crippen LogP contribution in [0.25, 0.3) is 0 Å². The Morgan fingerprint density at radius 3 is 2.58 bits per heavy atom. The molecule has 1 saturated heterocycles. The lowest BCUT2D eigenvalue weighted by Gasteiger charge is -2.25. The van der Waals surface area contributed by atoms with Gasteiger partial charge in [0.2, 0.25) is 10.0 Å². The maximum atomic E-state index is 12.6. The van der Waals surface area contributed by atoms with E-state index in [2.05, 4.69) is 10.2 Å². The highest BCUT2D eigenvalue weighted by molar-refractivity contribution is 7.89. The van der Waals surface area contributed by atoms with Crippen molar-refractivity contribution in [3.05, 3.63) is 17.7 Å². The van der Waals surface area contributed by atoms with Gasteiger partial charge in [0, 0.05) is 26.7 Å². The second-order valence-corrected chi connectivity index (χ2v) is 8.86. The zero-order chi connectivity index (χ0) is 18.9. The summed E-state index contributed by atoms with van der Waals surface area (Å²) in [5, 5.41) is 2.93. The number of rotatable bonds is 5. The van der Waals surface area contributed by atoms with E-state index in [1.807, 2.05) is 7.05 Å². The molecule has 1 aromatic carbocycles. The first kappa shape index (κ1) is 18.9. The van der Waals surface area contributed by atoms with Crippen LogP contribution in [0.1, 0.15) is 23.2 Å². The fourth-order valence-corrected chi connectivity index (χ4v) is 4.25. The van der Waals surface area contributed by atoms with Gasteiger partial charge in [-0.05, 0) is 38.6 Å². The molecule has 0 spiro atoms. The number of ether oxygens (including phenoxy) is 2. The molecule has 2 aliphatic heterocycles. The molecule has 9 heteroatoms. The highest BCUT2D eigenvalue weighted by Gasteiger charge is 2.31. The van der Waals surface area contributed by atoms with Gasteiger partial charge in [-0.25, -0.2) is 12.7 Å².